The summed E-state index contributed by atoms with van der Waals surface area (Å²) in [5.41, 5.74) is 9.01. The molecule has 0 unspecified atom stereocenters. The molecule has 2 aromatic rings. The number of hydrogen-bond donors (Lipinski definition) is 1. The summed E-state index contributed by atoms with van der Waals surface area (Å²) in [5, 5.41) is 3.24. The Hall–Kier alpha value is -1.000. The number of aromatic nitrogens is 1. The highest BCUT2D eigenvalue weighted by molar-refractivity contribution is 7.98. The van der Waals surface area contributed by atoms with Gasteiger partial charge in [0.1, 0.15) is 0 Å². The minimum absolute atomic E-state index is 0.822. The highest BCUT2D eigenvalue weighted by Gasteiger charge is 2.03. The maximum Gasteiger partial charge on any atom is 0.0897 e. The highest BCUT2D eigenvalue weighted by Crippen LogP contribution is 2.28. The molecular formula is C12H14N2S2. The van der Waals surface area contributed by atoms with Gasteiger partial charge in [-0.2, -0.15) is 0 Å². The van der Waals surface area contributed by atoms with Crippen LogP contribution in [0.5, 0.6) is 0 Å². The number of benzene rings is 1. The first-order valence-electron chi connectivity index (χ1n) is 5.05. The molecule has 0 amide bonds. The zero-order chi connectivity index (χ0) is 11.5. The van der Waals surface area contributed by atoms with Crippen LogP contribution in [-0.4, -0.2) is 4.98 Å². The number of rotatable bonds is 3. The summed E-state index contributed by atoms with van der Waals surface area (Å²) in [6, 6.07) is 6.02. The lowest BCUT2D eigenvalue weighted by Gasteiger charge is -2.05. The van der Waals surface area contributed by atoms with Gasteiger partial charge in [-0.3, -0.25) is 0 Å². The zero-order valence-corrected chi connectivity index (χ0v) is 11.0. The Morgan fingerprint density at radius 3 is 2.88 bits per heavy atom. The first-order valence-corrected chi connectivity index (χ1v) is 6.91. The van der Waals surface area contributed by atoms with Gasteiger partial charge in [-0.25, -0.2) is 4.98 Å². The molecule has 2 N–H and O–H groups in total. The van der Waals surface area contributed by atoms with Gasteiger partial charge in [0.25, 0.3) is 0 Å². The fraction of sp³-hybridized carbons (Fsp3) is 0.250. The number of thiazole rings is 1. The molecule has 0 bridgehead atoms. The quantitative estimate of drug-likeness (QED) is 0.668. The van der Waals surface area contributed by atoms with Crippen LogP contribution in [0.1, 0.15) is 16.3 Å². The van der Waals surface area contributed by atoms with Crippen molar-refractivity contribution in [1.29, 1.82) is 0 Å². The smallest absolute Gasteiger partial charge is 0.0897 e. The second kappa shape index (κ2) is 4.89. The minimum Gasteiger partial charge on any atom is -0.399 e. The zero-order valence-electron chi connectivity index (χ0n) is 9.36. The maximum absolute atomic E-state index is 5.77. The molecule has 1 aromatic carbocycles. The first kappa shape index (κ1) is 11.5. The molecule has 0 radical (unpaired) electrons. The SMILES string of the molecule is Cc1nc(CSc2cc(N)ccc2C)cs1. The number of thioether (sulfide) groups is 1. The van der Waals surface area contributed by atoms with Crippen molar-refractivity contribution in [3.8, 4) is 0 Å². The van der Waals surface area contributed by atoms with Crippen LogP contribution >= 0.6 is 23.1 Å². The van der Waals surface area contributed by atoms with E-state index in [0.29, 0.717) is 0 Å². The summed E-state index contributed by atoms with van der Waals surface area (Å²) in [7, 11) is 0. The molecule has 0 saturated carbocycles. The van der Waals surface area contributed by atoms with Gasteiger partial charge in [0.2, 0.25) is 0 Å². The van der Waals surface area contributed by atoms with E-state index in [0.717, 1.165) is 22.1 Å². The van der Waals surface area contributed by atoms with E-state index in [9.17, 15) is 0 Å². The normalized spacial score (nSPS) is 10.6. The molecule has 0 atom stereocenters. The molecule has 4 heteroatoms. The molecule has 0 saturated heterocycles. The third-order valence-electron chi connectivity index (χ3n) is 2.25. The van der Waals surface area contributed by atoms with Crippen LogP contribution in [0.4, 0.5) is 5.69 Å². The van der Waals surface area contributed by atoms with Crippen molar-refractivity contribution in [2.75, 3.05) is 5.73 Å². The fourth-order valence-electron chi connectivity index (χ4n) is 1.40. The van der Waals surface area contributed by atoms with Gasteiger partial charge in [-0.05, 0) is 31.5 Å². The Bertz CT molecular complexity index is 492. The fourth-order valence-corrected chi connectivity index (χ4v) is 3.08. The van der Waals surface area contributed by atoms with Crippen molar-refractivity contribution < 1.29 is 0 Å². The van der Waals surface area contributed by atoms with E-state index < -0.39 is 0 Å². The molecule has 0 aliphatic carbocycles. The predicted octanol–water partition coefficient (Wildman–Crippen LogP) is 3.63. The summed E-state index contributed by atoms with van der Waals surface area (Å²) in [6.07, 6.45) is 0. The second-order valence-corrected chi connectivity index (χ2v) is 5.75. The maximum atomic E-state index is 5.77. The molecule has 0 aliphatic heterocycles. The Morgan fingerprint density at radius 2 is 2.19 bits per heavy atom. The molecule has 16 heavy (non-hydrogen) atoms. The van der Waals surface area contributed by atoms with Crippen LogP contribution in [0.2, 0.25) is 0 Å². The lowest BCUT2D eigenvalue weighted by molar-refractivity contribution is 1.17. The number of hydrogen-bond acceptors (Lipinski definition) is 4. The van der Waals surface area contributed by atoms with Gasteiger partial charge in [0.15, 0.2) is 0 Å². The van der Waals surface area contributed by atoms with Gasteiger partial charge in [-0.1, -0.05) is 6.07 Å². The van der Waals surface area contributed by atoms with Crippen LogP contribution in [0, 0.1) is 13.8 Å². The van der Waals surface area contributed by atoms with E-state index in [1.807, 2.05) is 19.1 Å². The van der Waals surface area contributed by atoms with Gasteiger partial charge in [0, 0.05) is 21.7 Å². The van der Waals surface area contributed by atoms with Crippen LogP contribution in [0.25, 0.3) is 0 Å². The van der Waals surface area contributed by atoms with Crippen LogP contribution in [0.15, 0.2) is 28.5 Å². The molecule has 0 spiro atoms. The summed E-state index contributed by atoms with van der Waals surface area (Å²) in [5.74, 6) is 0.911. The summed E-state index contributed by atoms with van der Waals surface area (Å²) >= 11 is 3.49. The average molecular weight is 250 g/mol. The predicted molar refractivity (Wildman–Crippen MR) is 72.0 cm³/mol. The minimum atomic E-state index is 0.822. The van der Waals surface area contributed by atoms with E-state index >= 15 is 0 Å². The Kier molecular flexibility index (Phi) is 3.51. The van der Waals surface area contributed by atoms with E-state index in [4.69, 9.17) is 5.73 Å². The summed E-state index contributed by atoms with van der Waals surface area (Å²) in [4.78, 5) is 5.69. The number of anilines is 1. The Labute approximate surface area is 104 Å². The van der Waals surface area contributed by atoms with Crippen LogP contribution in [0.3, 0.4) is 0 Å². The highest BCUT2D eigenvalue weighted by atomic mass is 32.2. The van der Waals surface area contributed by atoms with Crippen molar-refractivity contribution in [3.05, 3.63) is 39.8 Å². The van der Waals surface area contributed by atoms with Crippen molar-refractivity contribution in [3.63, 3.8) is 0 Å². The van der Waals surface area contributed by atoms with Crippen LogP contribution in [-0.2, 0) is 5.75 Å². The Balaban J connectivity index is 2.07. The lowest BCUT2D eigenvalue weighted by atomic mass is 10.2. The second-order valence-electron chi connectivity index (χ2n) is 3.67. The van der Waals surface area contributed by atoms with Crippen molar-refractivity contribution >= 4 is 28.8 Å². The van der Waals surface area contributed by atoms with Crippen molar-refractivity contribution in [2.45, 2.75) is 24.5 Å². The van der Waals surface area contributed by atoms with E-state index in [-0.39, 0.29) is 0 Å². The topological polar surface area (TPSA) is 38.9 Å². The summed E-state index contributed by atoms with van der Waals surface area (Å²) in [6.45, 7) is 4.14. The largest absolute Gasteiger partial charge is 0.399 e. The molecule has 0 aliphatic rings. The molecule has 0 fully saturated rings. The van der Waals surface area contributed by atoms with Crippen LogP contribution < -0.4 is 5.73 Å². The molecule has 1 aromatic heterocycles. The molecule has 2 rings (SSSR count). The average Bonchev–Trinajstić information content (AvgIpc) is 2.66. The monoisotopic (exact) mass is 250 g/mol. The first-order chi connectivity index (χ1) is 7.65. The summed E-state index contributed by atoms with van der Waals surface area (Å²) < 4.78 is 0. The lowest BCUT2D eigenvalue weighted by Crippen LogP contribution is -1.88. The number of nitrogens with zero attached hydrogens (tertiary/aromatic N) is 1. The molecule has 1 heterocycles. The van der Waals surface area contributed by atoms with Crippen molar-refractivity contribution in [2.24, 2.45) is 0 Å². The van der Waals surface area contributed by atoms with E-state index in [1.54, 1.807) is 23.1 Å². The number of nitrogens with two attached hydrogens (primary N) is 1. The van der Waals surface area contributed by atoms with Gasteiger partial charge in [0.05, 0.1) is 10.7 Å². The molecule has 84 valence electrons. The standard InChI is InChI=1S/C12H14N2S2/c1-8-3-4-10(13)5-12(8)16-7-11-6-15-9(2)14-11/h3-6H,7,13H2,1-2H3. The number of nitrogen functional groups attached to an aromatic ring is 1. The molecule has 2 nitrogen and oxygen atoms in total. The molecular weight excluding hydrogens is 236 g/mol. The van der Waals surface area contributed by atoms with Gasteiger partial charge in [-0.15, -0.1) is 23.1 Å². The van der Waals surface area contributed by atoms with E-state index in [2.05, 4.69) is 23.4 Å². The third-order valence-corrected chi connectivity index (χ3v) is 4.27. The van der Waals surface area contributed by atoms with E-state index in [1.165, 1.54) is 10.5 Å². The van der Waals surface area contributed by atoms with Gasteiger partial charge >= 0.3 is 0 Å². The van der Waals surface area contributed by atoms with Crippen molar-refractivity contribution in [1.82, 2.24) is 4.98 Å². The third kappa shape index (κ3) is 2.77. The van der Waals surface area contributed by atoms with Gasteiger partial charge < -0.3 is 5.73 Å². The Morgan fingerprint density at radius 1 is 1.38 bits per heavy atom. The number of aryl methyl sites for hydroxylation is 2.